The summed E-state index contributed by atoms with van der Waals surface area (Å²) in [4.78, 5) is 25.7. The molecule has 3 rings (SSSR count). The van der Waals surface area contributed by atoms with E-state index < -0.39 is 5.91 Å². The van der Waals surface area contributed by atoms with Gasteiger partial charge in [-0.25, -0.2) is 0 Å². The molecule has 0 bridgehead atoms. The summed E-state index contributed by atoms with van der Waals surface area (Å²) >= 11 is 1.35. The van der Waals surface area contributed by atoms with E-state index in [0.717, 1.165) is 16.0 Å². The Kier molecular flexibility index (Phi) is 4.74. The molecule has 0 saturated carbocycles. The number of nitriles is 1. The van der Waals surface area contributed by atoms with Gasteiger partial charge in [-0.3, -0.25) is 9.59 Å². The number of rotatable bonds is 3. The number of fused-ring (bicyclic) bond motifs is 1. The predicted octanol–water partition coefficient (Wildman–Crippen LogP) is 4.30. The molecule has 2 heterocycles. The highest BCUT2D eigenvalue weighted by molar-refractivity contribution is 7.16. The van der Waals surface area contributed by atoms with E-state index >= 15 is 0 Å². The molecule has 0 aliphatic carbocycles. The van der Waals surface area contributed by atoms with Gasteiger partial charge in [-0.2, -0.15) is 5.26 Å². The lowest BCUT2D eigenvalue weighted by Crippen LogP contribution is -2.09. The second kappa shape index (κ2) is 6.98. The fourth-order valence-electron chi connectivity index (χ4n) is 2.54. The summed E-state index contributed by atoms with van der Waals surface area (Å²) in [6.07, 6.45) is 4.02. The van der Waals surface area contributed by atoms with Gasteiger partial charge in [0.1, 0.15) is 22.9 Å². The second-order valence-corrected chi connectivity index (χ2v) is 7.17. The number of thiophene rings is 1. The molecule has 1 aromatic carbocycles. The minimum absolute atomic E-state index is 0.195. The monoisotopic (exact) mass is 364 g/mol. The quantitative estimate of drug-likeness (QED) is 0.702. The summed E-state index contributed by atoms with van der Waals surface area (Å²) in [5, 5.41) is 12.9. The molecule has 3 aromatic rings. The summed E-state index contributed by atoms with van der Waals surface area (Å²) < 4.78 is 5.46. The van der Waals surface area contributed by atoms with Crippen LogP contribution in [-0.2, 0) is 4.79 Å². The normalized spacial score (nSPS) is 11.0. The number of nitrogens with zero attached hydrogens (tertiary/aromatic N) is 1. The number of hydrogen-bond acceptors (Lipinski definition) is 5. The zero-order valence-electron chi connectivity index (χ0n) is 14.5. The summed E-state index contributed by atoms with van der Waals surface area (Å²) in [6.45, 7) is 5.64. The number of nitrogens with one attached hydrogen (secondary N) is 1. The molecule has 130 valence electrons. The van der Waals surface area contributed by atoms with Gasteiger partial charge in [0.2, 0.25) is 5.91 Å². The highest BCUT2D eigenvalue weighted by Gasteiger charge is 2.13. The van der Waals surface area contributed by atoms with Crippen LogP contribution >= 0.6 is 11.3 Å². The summed E-state index contributed by atoms with van der Waals surface area (Å²) in [5.41, 5.74) is 2.88. The van der Waals surface area contributed by atoms with Gasteiger partial charge in [0.25, 0.3) is 0 Å². The van der Waals surface area contributed by atoms with Crippen LogP contribution in [0.5, 0.6) is 0 Å². The molecule has 0 saturated heterocycles. The molecule has 0 aliphatic heterocycles. The largest absolute Gasteiger partial charge is 0.463 e. The van der Waals surface area contributed by atoms with Gasteiger partial charge < -0.3 is 9.73 Å². The fourth-order valence-corrected chi connectivity index (χ4v) is 3.56. The van der Waals surface area contributed by atoms with Gasteiger partial charge in [0.05, 0.1) is 16.5 Å². The number of anilines is 1. The van der Waals surface area contributed by atoms with Gasteiger partial charge in [0, 0.05) is 11.0 Å². The zero-order valence-corrected chi connectivity index (χ0v) is 15.4. The molecule has 0 aliphatic rings. The van der Waals surface area contributed by atoms with E-state index in [0.29, 0.717) is 21.5 Å². The van der Waals surface area contributed by atoms with E-state index in [4.69, 9.17) is 4.42 Å². The van der Waals surface area contributed by atoms with E-state index in [1.165, 1.54) is 29.8 Å². The Labute approximate surface area is 154 Å². The molecular weight excluding hydrogens is 348 g/mol. The third kappa shape index (κ3) is 3.30. The van der Waals surface area contributed by atoms with Crippen LogP contribution in [0, 0.1) is 32.1 Å². The molecule has 26 heavy (non-hydrogen) atoms. The van der Waals surface area contributed by atoms with Crippen molar-refractivity contribution >= 4 is 39.3 Å². The lowest BCUT2D eigenvalue weighted by Gasteiger charge is -2.01. The Morgan fingerprint density at radius 3 is 2.81 bits per heavy atom. The fraction of sp³-hybridized carbons (Fsp3) is 0.150. The standard InChI is InChI=1S/C20H16N2O3S/c1-11-4-6-17-15(8-11)19(24)14(10-25-17)5-7-18(23)22-20-16(9-21)12(2)13(3)26-20/h4-8,10H,1-3H3,(H,22,23)/b7-5+. The van der Waals surface area contributed by atoms with Crippen molar-refractivity contribution in [2.24, 2.45) is 0 Å². The van der Waals surface area contributed by atoms with Crippen LogP contribution in [0.1, 0.15) is 27.1 Å². The third-order valence-corrected chi connectivity index (χ3v) is 5.23. The van der Waals surface area contributed by atoms with Crippen LogP contribution in [0.25, 0.3) is 17.0 Å². The number of hydrogen-bond donors (Lipinski definition) is 1. The van der Waals surface area contributed by atoms with Gasteiger partial charge in [-0.05, 0) is 44.5 Å². The maximum absolute atomic E-state index is 12.5. The van der Waals surface area contributed by atoms with Crippen LogP contribution in [0.3, 0.4) is 0 Å². The molecule has 0 unspecified atom stereocenters. The first-order chi connectivity index (χ1) is 12.4. The smallest absolute Gasteiger partial charge is 0.249 e. The summed E-state index contributed by atoms with van der Waals surface area (Å²) in [5.74, 6) is -0.411. The van der Waals surface area contributed by atoms with Crippen molar-refractivity contribution in [1.29, 1.82) is 5.26 Å². The van der Waals surface area contributed by atoms with Crippen LogP contribution < -0.4 is 10.7 Å². The van der Waals surface area contributed by atoms with E-state index in [-0.39, 0.29) is 11.0 Å². The Bertz CT molecular complexity index is 1150. The molecule has 0 fully saturated rings. The van der Waals surface area contributed by atoms with Crippen molar-refractivity contribution in [2.45, 2.75) is 20.8 Å². The number of amides is 1. The van der Waals surface area contributed by atoms with Crippen LogP contribution in [0.15, 0.2) is 39.7 Å². The van der Waals surface area contributed by atoms with Gasteiger partial charge in [0.15, 0.2) is 5.43 Å². The zero-order chi connectivity index (χ0) is 18.8. The van der Waals surface area contributed by atoms with Crippen LogP contribution in [0.4, 0.5) is 5.00 Å². The highest BCUT2D eigenvalue weighted by Crippen LogP contribution is 2.31. The minimum Gasteiger partial charge on any atom is -0.463 e. The molecule has 0 spiro atoms. The van der Waals surface area contributed by atoms with Crippen molar-refractivity contribution in [2.75, 3.05) is 5.32 Å². The lowest BCUT2D eigenvalue weighted by atomic mass is 10.1. The van der Waals surface area contributed by atoms with Crippen LogP contribution in [0.2, 0.25) is 0 Å². The number of aryl methyl sites for hydroxylation is 2. The first-order valence-electron chi connectivity index (χ1n) is 7.92. The van der Waals surface area contributed by atoms with Gasteiger partial charge in [-0.15, -0.1) is 11.3 Å². The molecular formula is C20H16N2O3S. The average Bonchev–Trinajstić information content (AvgIpc) is 2.88. The molecule has 0 radical (unpaired) electrons. The van der Waals surface area contributed by atoms with Crippen molar-refractivity contribution in [3.8, 4) is 6.07 Å². The third-order valence-electron chi connectivity index (χ3n) is 4.10. The number of carbonyl (C=O) groups is 1. The molecule has 1 N–H and O–H groups in total. The molecule has 6 heteroatoms. The summed E-state index contributed by atoms with van der Waals surface area (Å²) in [7, 11) is 0. The maximum Gasteiger partial charge on any atom is 0.249 e. The molecule has 5 nitrogen and oxygen atoms in total. The Morgan fingerprint density at radius 1 is 1.31 bits per heavy atom. The first-order valence-corrected chi connectivity index (χ1v) is 8.73. The van der Waals surface area contributed by atoms with Crippen molar-refractivity contribution in [3.05, 3.63) is 67.9 Å². The predicted molar refractivity (Wildman–Crippen MR) is 103 cm³/mol. The SMILES string of the molecule is Cc1ccc2occ(/C=C/C(=O)Nc3sc(C)c(C)c3C#N)c(=O)c2c1. The number of carbonyl (C=O) groups excluding carboxylic acids is 1. The van der Waals surface area contributed by atoms with Gasteiger partial charge in [-0.1, -0.05) is 11.6 Å². The Hall–Kier alpha value is -3.17. The van der Waals surface area contributed by atoms with Gasteiger partial charge >= 0.3 is 0 Å². The van der Waals surface area contributed by atoms with E-state index in [9.17, 15) is 14.9 Å². The van der Waals surface area contributed by atoms with E-state index in [2.05, 4.69) is 11.4 Å². The van der Waals surface area contributed by atoms with Crippen molar-refractivity contribution in [1.82, 2.24) is 0 Å². The average molecular weight is 364 g/mol. The van der Waals surface area contributed by atoms with Crippen LogP contribution in [-0.4, -0.2) is 5.91 Å². The highest BCUT2D eigenvalue weighted by atomic mass is 32.1. The van der Waals surface area contributed by atoms with Crippen molar-refractivity contribution in [3.63, 3.8) is 0 Å². The lowest BCUT2D eigenvalue weighted by molar-refractivity contribution is -0.111. The molecule has 0 atom stereocenters. The molecule has 2 aromatic heterocycles. The van der Waals surface area contributed by atoms with E-state index in [1.807, 2.05) is 26.8 Å². The van der Waals surface area contributed by atoms with E-state index in [1.54, 1.807) is 12.1 Å². The Balaban J connectivity index is 1.86. The number of benzene rings is 1. The first kappa shape index (κ1) is 17.6. The molecule has 1 amide bonds. The van der Waals surface area contributed by atoms with Crippen molar-refractivity contribution < 1.29 is 9.21 Å². The Morgan fingerprint density at radius 2 is 2.08 bits per heavy atom. The maximum atomic E-state index is 12.5. The summed E-state index contributed by atoms with van der Waals surface area (Å²) in [6, 6.07) is 7.48. The second-order valence-electron chi connectivity index (χ2n) is 5.94. The topological polar surface area (TPSA) is 83.1 Å². The minimum atomic E-state index is -0.411.